The molecule has 136 valence electrons. The van der Waals surface area contributed by atoms with Gasteiger partial charge in [-0.05, 0) is 42.5 Å². The number of rotatable bonds is 3. The van der Waals surface area contributed by atoms with E-state index in [1.807, 2.05) is 0 Å². The van der Waals surface area contributed by atoms with E-state index in [2.05, 4.69) is 4.98 Å². The Kier molecular flexibility index (Phi) is 4.26. The van der Waals surface area contributed by atoms with Gasteiger partial charge < -0.3 is 9.72 Å². The molecular formula is C18H16F2N2O3S. The number of sulfonamides is 1. The molecule has 4 rings (SSSR count). The van der Waals surface area contributed by atoms with Gasteiger partial charge in [-0.3, -0.25) is 0 Å². The molecule has 0 radical (unpaired) electrons. The van der Waals surface area contributed by atoms with E-state index in [1.54, 1.807) is 24.3 Å². The minimum Gasteiger partial charge on any atom is -0.379 e. The fraction of sp³-hybridized carbons (Fsp3) is 0.222. The summed E-state index contributed by atoms with van der Waals surface area (Å²) in [6.45, 7) is 1.42. The monoisotopic (exact) mass is 378 g/mol. The first kappa shape index (κ1) is 17.1. The fourth-order valence-corrected chi connectivity index (χ4v) is 4.47. The van der Waals surface area contributed by atoms with Crippen molar-refractivity contribution in [1.82, 2.24) is 9.29 Å². The number of nitrogens with zero attached hydrogens (tertiary/aromatic N) is 1. The topological polar surface area (TPSA) is 62.4 Å². The number of nitrogens with one attached hydrogen (secondary N) is 1. The predicted octanol–water partition coefficient (Wildman–Crippen LogP) is 3.13. The molecule has 8 heteroatoms. The van der Waals surface area contributed by atoms with Gasteiger partial charge in [-0.25, -0.2) is 17.2 Å². The van der Waals surface area contributed by atoms with Gasteiger partial charge in [-0.15, -0.1) is 0 Å². The number of morpholine rings is 1. The Bertz CT molecular complexity index is 1070. The summed E-state index contributed by atoms with van der Waals surface area (Å²) >= 11 is 0. The molecule has 0 saturated carbocycles. The maximum Gasteiger partial charge on any atom is 0.243 e. The Morgan fingerprint density at radius 1 is 0.962 bits per heavy atom. The first-order chi connectivity index (χ1) is 12.4. The highest BCUT2D eigenvalue weighted by Gasteiger charge is 2.26. The summed E-state index contributed by atoms with van der Waals surface area (Å²) < 4.78 is 58.7. The van der Waals surface area contributed by atoms with E-state index in [4.69, 9.17) is 4.74 Å². The Balaban J connectivity index is 1.72. The van der Waals surface area contributed by atoms with Crippen molar-refractivity contribution in [3.05, 3.63) is 54.1 Å². The molecule has 3 aromatic rings. The van der Waals surface area contributed by atoms with Gasteiger partial charge in [0.1, 0.15) is 0 Å². The normalized spacial score (nSPS) is 16.2. The van der Waals surface area contributed by atoms with Crippen LogP contribution in [0, 0.1) is 11.6 Å². The highest BCUT2D eigenvalue weighted by atomic mass is 32.2. The van der Waals surface area contributed by atoms with Crippen molar-refractivity contribution in [2.45, 2.75) is 4.90 Å². The minimum atomic E-state index is -3.59. The second-order valence-corrected chi connectivity index (χ2v) is 8.02. The quantitative estimate of drug-likeness (QED) is 0.762. The van der Waals surface area contributed by atoms with Crippen LogP contribution in [0.1, 0.15) is 0 Å². The van der Waals surface area contributed by atoms with Crippen LogP contribution in [0.2, 0.25) is 0 Å². The molecule has 1 saturated heterocycles. The zero-order valence-corrected chi connectivity index (χ0v) is 14.5. The highest BCUT2D eigenvalue weighted by Crippen LogP contribution is 2.28. The molecule has 0 amide bonds. The van der Waals surface area contributed by atoms with Gasteiger partial charge in [0.25, 0.3) is 0 Å². The average Bonchev–Trinajstić information content (AvgIpc) is 3.08. The van der Waals surface area contributed by atoms with Crippen molar-refractivity contribution in [3.8, 4) is 11.3 Å². The van der Waals surface area contributed by atoms with Crippen molar-refractivity contribution in [3.63, 3.8) is 0 Å². The maximum atomic E-state index is 13.5. The van der Waals surface area contributed by atoms with Crippen LogP contribution < -0.4 is 0 Å². The van der Waals surface area contributed by atoms with Gasteiger partial charge in [0, 0.05) is 35.2 Å². The molecule has 0 atom stereocenters. The van der Waals surface area contributed by atoms with Crippen LogP contribution in [0.25, 0.3) is 22.2 Å². The number of H-pyrrole nitrogens is 1. The Morgan fingerprint density at radius 2 is 1.73 bits per heavy atom. The molecular weight excluding hydrogens is 362 g/mol. The lowest BCUT2D eigenvalue weighted by Gasteiger charge is -2.26. The van der Waals surface area contributed by atoms with E-state index in [-0.39, 0.29) is 4.90 Å². The number of halogens is 2. The van der Waals surface area contributed by atoms with Crippen LogP contribution in [-0.4, -0.2) is 44.0 Å². The first-order valence-corrected chi connectivity index (χ1v) is 9.55. The number of fused-ring (bicyclic) bond motifs is 1. The SMILES string of the molecule is O=S(=O)(c1ccc2[nH]c(-c3ccc(F)c(F)c3)cc2c1)N1CCOCC1. The summed E-state index contributed by atoms with van der Waals surface area (Å²) in [5, 5.41) is 0.680. The Labute approximate surface area is 149 Å². The maximum absolute atomic E-state index is 13.5. The molecule has 1 aliphatic rings. The number of aromatic amines is 1. The molecule has 5 nitrogen and oxygen atoms in total. The lowest BCUT2D eigenvalue weighted by Crippen LogP contribution is -2.40. The summed E-state index contributed by atoms with van der Waals surface area (Å²) in [6.07, 6.45) is 0. The number of hydrogen-bond acceptors (Lipinski definition) is 3. The summed E-state index contributed by atoms with van der Waals surface area (Å²) in [5.41, 5.74) is 1.78. The van der Waals surface area contributed by atoms with Crippen molar-refractivity contribution in [2.24, 2.45) is 0 Å². The van der Waals surface area contributed by atoms with Gasteiger partial charge >= 0.3 is 0 Å². The van der Waals surface area contributed by atoms with E-state index in [1.165, 1.54) is 10.4 Å². The number of aromatic nitrogens is 1. The molecule has 0 spiro atoms. The predicted molar refractivity (Wildman–Crippen MR) is 93.2 cm³/mol. The zero-order chi connectivity index (χ0) is 18.3. The zero-order valence-electron chi connectivity index (χ0n) is 13.7. The third kappa shape index (κ3) is 3.00. The summed E-state index contributed by atoms with van der Waals surface area (Å²) in [7, 11) is -3.59. The smallest absolute Gasteiger partial charge is 0.243 e. The molecule has 0 unspecified atom stereocenters. The Hall–Kier alpha value is -2.29. The van der Waals surface area contributed by atoms with Crippen LogP contribution >= 0.6 is 0 Å². The molecule has 1 aromatic heterocycles. The fourth-order valence-electron chi connectivity index (χ4n) is 3.03. The van der Waals surface area contributed by atoms with Crippen molar-refractivity contribution in [1.29, 1.82) is 0 Å². The largest absolute Gasteiger partial charge is 0.379 e. The van der Waals surface area contributed by atoms with E-state index in [0.717, 1.165) is 12.1 Å². The van der Waals surface area contributed by atoms with E-state index in [0.29, 0.717) is 48.5 Å². The van der Waals surface area contributed by atoms with Crippen LogP contribution in [0.4, 0.5) is 8.78 Å². The first-order valence-electron chi connectivity index (χ1n) is 8.11. The molecule has 2 heterocycles. The number of benzene rings is 2. The summed E-state index contributed by atoms with van der Waals surface area (Å²) in [5.74, 6) is -1.85. The molecule has 1 fully saturated rings. The van der Waals surface area contributed by atoms with E-state index >= 15 is 0 Å². The van der Waals surface area contributed by atoms with Crippen molar-refractivity contribution >= 4 is 20.9 Å². The van der Waals surface area contributed by atoms with Crippen LogP contribution in [0.3, 0.4) is 0 Å². The third-order valence-corrected chi connectivity index (χ3v) is 6.33. The molecule has 0 aliphatic carbocycles. The lowest BCUT2D eigenvalue weighted by molar-refractivity contribution is 0.0730. The van der Waals surface area contributed by atoms with Gasteiger partial charge in [0.2, 0.25) is 10.0 Å². The average molecular weight is 378 g/mol. The minimum absolute atomic E-state index is 0.197. The molecule has 1 N–H and O–H groups in total. The van der Waals surface area contributed by atoms with Gasteiger partial charge in [-0.1, -0.05) is 0 Å². The third-order valence-electron chi connectivity index (χ3n) is 4.43. The van der Waals surface area contributed by atoms with Crippen LogP contribution in [-0.2, 0) is 14.8 Å². The molecule has 2 aromatic carbocycles. The number of ether oxygens (including phenoxy) is 1. The van der Waals surface area contributed by atoms with Crippen LogP contribution in [0.5, 0.6) is 0 Å². The highest BCUT2D eigenvalue weighted by molar-refractivity contribution is 7.89. The lowest BCUT2D eigenvalue weighted by atomic mass is 10.1. The van der Waals surface area contributed by atoms with Crippen molar-refractivity contribution in [2.75, 3.05) is 26.3 Å². The van der Waals surface area contributed by atoms with E-state index in [9.17, 15) is 17.2 Å². The van der Waals surface area contributed by atoms with Crippen LogP contribution in [0.15, 0.2) is 47.4 Å². The van der Waals surface area contributed by atoms with E-state index < -0.39 is 21.7 Å². The summed E-state index contributed by atoms with van der Waals surface area (Å²) in [6, 6.07) is 10.1. The second kappa shape index (κ2) is 6.46. The second-order valence-electron chi connectivity index (χ2n) is 6.08. The van der Waals surface area contributed by atoms with Gasteiger partial charge in [0.15, 0.2) is 11.6 Å². The summed E-state index contributed by atoms with van der Waals surface area (Å²) in [4.78, 5) is 3.30. The Morgan fingerprint density at radius 3 is 2.46 bits per heavy atom. The van der Waals surface area contributed by atoms with Gasteiger partial charge in [-0.2, -0.15) is 4.31 Å². The van der Waals surface area contributed by atoms with Gasteiger partial charge in [0.05, 0.1) is 18.1 Å². The molecule has 26 heavy (non-hydrogen) atoms. The molecule has 1 aliphatic heterocycles. The standard InChI is InChI=1S/C18H16F2N2O3S/c19-15-3-1-12(10-16(15)20)18-11-13-9-14(2-4-17(13)21-18)26(23,24)22-5-7-25-8-6-22/h1-4,9-11,21H,5-8H2. The number of hydrogen-bond donors (Lipinski definition) is 1. The molecule has 0 bridgehead atoms. The van der Waals surface area contributed by atoms with Crippen molar-refractivity contribution < 1.29 is 21.9 Å².